The fourth-order valence-electron chi connectivity index (χ4n) is 5.26. The van der Waals surface area contributed by atoms with Crippen molar-refractivity contribution in [1.29, 1.82) is 0 Å². The van der Waals surface area contributed by atoms with Crippen molar-refractivity contribution < 1.29 is 13.2 Å². The van der Waals surface area contributed by atoms with E-state index in [0.29, 0.717) is 17.5 Å². The number of thioether (sulfide) groups is 1. The molecule has 26 heavy (non-hydrogen) atoms. The molecule has 2 heterocycles. The summed E-state index contributed by atoms with van der Waals surface area (Å²) in [4.78, 5) is 19.3. The van der Waals surface area contributed by atoms with Crippen LogP contribution in [0, 0.1) is 11.8 Å². The summed E-state index contributed by atoms with van der Waals surface area (Å²) in [5, 5.41) is 0.766. The van der Waals surface area contributed by atoms with Gasteiger partial charge in [-0.1, -0.05) is 36.4 Å². The topological polar surface area (TPSA) is 66.8 Å². The van der Waals surface area contributed by atoms with Crippen LogP contribution in [-0.2, 0) is 9.84 Å². The Morgan fingerprint density at radius 3 is 2.58 bits per heavy atom. The molecule has 2 aliphatic heterocycles. The molecule has 2 bridgehead atoms. The maximum Gasteiger partial charge on any atom is 0.279 e. The van der Waals surface area contributed by atoms with E-state index >= 15 is 0 Å². The largest absolute Gasteiger partial charge is 0.343 e. The lowest BCUT2D eigenvalue weighted by Crippen LogP contribution is -2.47. The molecule has 5 atom stereocenters. The van der Waals surface area contributed by atoms with Gasteiger partial charge in [-0.25, -0.2) is 8.42 Å². The van der Waals surface area contributed by atoms with Gasteiger partial charge in [-0.2, -0.15) is 4.99 Å². The molecule has 2 saturated heterocycles. The summed E-state index contributed by atoms with van der Waals surface area (Å²) in [6.45, 7) is 0. The van der Waals surface area contributed by atoms with Crippen molar-refractivity contribution in [3.8, 4) is 0 Å². The number of rotatable bonds is 2. The molecule has 0 radical (unpaired) electrons. The molecular formula is C19H22N2O3S2. The molecule has 0 aromatic heterocycles. The highest BCUT2D eigenvalue weighted by molar-refractivity contribution is 8.15. The Hall–Kier alpha value is -1.34. The Balaban J connectivity index is 1.48. The number of carbonyl (C=O) groups excluding carboxylic acids is 1. The Morgan fingerprint density at radius 2 is 1.88 bits per heavy atom. The van der Waals surface area contributed by atoms with Crippen molar-refractivity contribution in [2.24, 2.45) is 16.8 Å². The fraction of sp³-hybridized carbons (Fsp3) is 0.579. The molecule has 1 aromatic carbocycles. The van der Waals surface area contributed by atoms with Crippen LogP contribution in [0.4, 0.5) is 0 Å². The third kappa shape index (κ3) is 2.80. The highest BCUT2D eigenvalue weighted by Crippen LogP contribution is 2.51. The number of amides is 1. The van der Waals surface area contributed by atoms with Gasteiger partial charge in [-0.3, -0.25) is 4.79 Å². The molecule has 7 heteroatoms. The second kappa shape index (κ2) is 6.09. The van der Waals surface area contributed by atoms with Crippen LogP contribution in [0.3, 0.4) is 0 Å². The van der Waals surface area contributed by atoms with Gasteiger partial charge in [0.05, 0.1) is 17.5 Å². The molecular weight excluding hydrogens is 368 g/mol. The summed E-state index contributed by atoms with van der Waals surface area (Å²) in [7, 11) is -2.99. The zero-order valence-electron chi connectivity index (χ0n) is 14.5. The minimum Gasteiger partial charge on any atom is -0.343 e. The first-order chi connectivity index (χ1) is 12.5. The Labute approximate surface area is 158 Å². The number of hydrogen-bond donors (Lipinski definition) is 0. The SMILES string of the molecule is O=C(N=C1S[C@@H]2CS(=O)(=O)C[C@H]2N1[C@@H]1C[C@@H]2CC[C@@H]1C2)c1ccccc1. The Kier molecular flexibility index (Phi) is 3.94. The third-order valence-electron chi connectivity index (χ3n) is 6.38. The average Bonchev–Trinajstić information content (AvgIpc) is 3.35. The van der Waals surface area contributed by atoms with Crippen molar-refractivity contribution in [2.75, 3.05) is 11.5 Å². The number of fused-ring (bicyclic) bond motifs is 3. The number of amidine groups is 1. The molecule has 4 fully saturated rings. The van der Waals surface area contributed by atoms with Crippen LogP contribution in [-0.4, -0.2) is 53.2 Å². The van der Waals surface area contributed by atoms with Gasteiger partial charge in [0, 0.05) is 16.9 Å². The summed E-state index contributed by atoms with van der Waals surface area (Å²) in [5.41, 5.74) is 0.582. The van der Waals surface area contributed by atoms with Gasteiger partial charge in [0.25, 0.3) is 5.91 Å². The monoisotopic (exact) mass is 390 g/mol. The molecule has 0 spiro atoms. The maximum atomic E-state index is 12.6. The average molecular weight is 391 g/mol. The van der Waals surface area contributed by atoms with Crippen molar-refractivity contribution in [3.05, 3.63) is 35.9 Å². The van der Waals surface area contributed by atoms with Gasteiger partial charge in [0.1, 0.15) is 0 Å². The summed E-state index contributed by atoms with van der Waals surface area (Å²) in [5.74, 6) is 1.57. The number of sulfone groups is 1. The van der Waals surface area contributed by atoms with Gasteiger partial charge in [-0.05, 0) is 43.2 Å². The zero-order valence-corrected chi connectivity index (χ0v) is 16.1. The molecule has 0 unspecified atom stereocenters. The zero-order chi connectivity index (χ0) is 17.9. The summed E-state index contributed by atoms with van der Waals surface area (Å²) in [6, 6.07) is 9.45. The molecule has 5 rings (SSSR count). The minimum absolute atomic E-state index is 0.0152. The molecule has 2 saturated carbocycles. The quantitative estimate of drug-likeness (QED) is 0.776. The van der Waals surface area contributed by atoms with E-state index in [1.807, 2.05) is 18.2 Å². The van der Waals surface area contributed by atoms with Crippen LogP contribution >= 0.6 is 11.8 Å². The van der Waals surface area contributed by atoms with Crippen molar-refractivity contribution in [1.82, 2.24) is 4.90 Å². The predicted octanol–water partition coefficient (Wildman–Crippen LogP) is 2.59. The molecule has 1 aromatic rings. The molecule has 0 N–H and O–H groups in total. The number of carbonyl (C=O) groups is 1. The fourth-order valence-corrected chi connectivity index (χ4v) is 9.23. The molecule has 5 nitrogen and oxygen atoms in total. The molecule has 2 aliphatic carbocycles. The van der Waals surface area contributed by atoms with E-state index in [0.717, 1.165) is 17.5 Å². The van der Waals surface area contributed by atoms with E-state index in [9.17, 15) is 13.2 Å². The van der Waals surface area contributed by atoms with E-state index in [4.69, 9.17) is 0 Å². The molecule has 4 aliphatic rings. The van der Waals surface area contributed by atoms with E-state index in [1.54, 1.807) is 12.1 Å². The van der Waals surface area contributed by atoms with Crippen LogP contribution in [0.2, 0.25) is 0 Å². The van der Waals surface area contributed by atoms with Gasteiger partial charge < -0.3 is 4.90 Å². The van der Waals surface area contributed by atoms with Gasteiger partial charge in [0.2, 0.25) is 0 Å². The second-order valence-electron chi connectivity index (χ2n) is 8.02. The van der Waals surface area contributed by atoms with Crippen molar-refractivity contribution >= 4 is 32.7 Å². The summed E-state index contributed by atoms with van der Waals surface area (Å²) in [6.07, 6.45) is 4.88. The lowest BCUT2D eigenvalue weighted by Gasteiger charge is -2.36. The van der Waals surface area contributed by atoms with Crippen molar-refractivity contribution in [3.63, 3.8) is 0 Å². The lowest BCUT2D eigenvalue weighted by atomic mass is 9.93. The summed E-state index contributed by atoms with van der Waals surface area (Å²) >= 11 is 1.50. The van der Waals surface area contributed by atoms with Crippen LogP contribution < -0.4 is 0 Å². The van der Waals surface area contributed by atoms with Gasteiger partial charge in [0.15, 0.2) is 15.0 Å². The Morgan fingerprint density at radius 1 is 1.08 bits per heavy atom. The normalized spacial score (nSPS) is 38.8. The number of nitrogens with zero attached hydrogens (tertiary/aromatic N) is 2. The molecule has 1 amide bonds. The number of aliphatic imine (C=N–C) groups is 1. The first-order valence-corrected chi connectivity index (χ1v) is 12.0. The van der Waals surface area contributed by atoms with Gasteiger partial charge >= 0.3 is 0 Å². The summed E-state index contributed by atoms with van der Waals surface area (Å²) < 4.78 is 24.3. The number of hydrogen-bond acceptors (Lipinski definition) is 4. The standard InChI is InChI=1S/C19H22N2O3S2/c22-18(13-4-2-1-3-5-13)20-19-21(15-9-12-6-7-14(15)8-12)16-10-26(23,24)11-17(16)25-19/h1-5,12,14-17H,6-11H2/t12-,14-,15-,16-,17-/m1/s1. The van der Waals surface area contributed by atoms with Crippen LogP contribution in [0.15, 0.2) is 35.3 Å². The number of benzene rings is 1. The van der Waals surface area contributed by atoms with Gasteiger partial charge in [-0.15, -0.1) is 0 Å². The van der Waals surface area contributed by atoms with Crippen LogP contribution in [0.5, 0.6) is 0 Å². The third-order valence-corrected chi connectivity index (χ3v) is 9.61. The van der Waals surface area contributed by atoms with Crippen LogP contribution in [0.1, 0.15) is 36.0 Å². The predicted molar refractivity (Wildman–Crippen MR) is 103 cm³/mol. The van der Waals surface area contributed by atoms with E-state index < -0.39 is 9.84 Å². The Bertz CT molecular complexity index is 868. The smallest absolute Gasteiger partial charge is 0.279 e. The highest BCUT2D eigenvalue weighted by Gasteiger charge is 2.54. The van der Waals surface area contributed by atoms with E-state index in [2.05, 4.69) is 9.89 Å². The maximum absolute atomic E-state index is 12.6. The molecule has 138 valence electrons. The lowest BCUT2D eigenvalue weighted by molar-refractivity contribution is 0.0999. The van der Waals surface area contributed by atoms with Crippen molar-refractivity contribution in [2.45, 2.75) is 43.0 Å². The first-order valence-electron chi connectivity index (χ1n) is 9.34. The van der Waals surface area contributed by atoms with Crippen LogP contribution in [0.25, 0.3) is 0 Å². The van der Waals surface area contributed by atoms with E-state index in [1.165, 1.54) is 31.0 Å². The highest BCUT2D eigenvalue weighted by atomic mass is 32.2. The van der Waals surface area contributed by atoms with E-state index in [-0.39, 0.29) is 28.7 Å². The second-order valence-corrected chi connectivity index (χ2v) is 11.4. The first kappa shape index (κ1) is 16.8. The minimum atomic E-state index is -2.99.